The molecule has 3 amide bonds. The predicted octanol–water partition coefficient (Wildman–Crippen LogP) is 5.77. The summed E-state index contributed by atoms with van der Waals surface area (Å²) in [5, 5.41) is 39.6. The van der Waals surface area contributed by atoms with Crippen molar-refractivity contribution in [2.45, 2.75) is 84.6 Å². The van der Waals surface area contributed by atoms with E-state index in [9.17, 15) is 24.3 Å². The van der Waals surface area contributed by atoms with Crippen LogP contribution in [0.2, 0.25) is 0 Å². The van der Waals surface area contributed by atoms with Crippen molar-refractivity contribution in [3.63, 3.8) is 0 Å². The fraction of sp³-hybridized carbons (Fsp3) is 0.301. The van der Waals surface area contributed by atoms with Crippen LogP contribution in [0, 0.1) is 0 Å². The molecule has 4 aliphatic rings. The van der Waals surface area contributed by atoms with Crippen LogP contribution in [-0.4, -0.2) is 157 Å². The number of amides is 3. The number of carbonyl (C=O) groups is 4. The quantitative estimate of drug-likeness (QED) is 0.0527. The number of para-hydroxylation sites is 3. The largest absolute Gasteiger partial charge is 1.00 e. The van der Waals surface area contributed by atoms with Gasteiger partial charge in [-0.1, -0.05) is 152 Å². The maximum Gasteiger partial charge on any atom is 1.00 e. The summed E-state index contributed by atoms with van der Waals surface area (Å²) in [5.41, 5.74) is 12.3. The van der Waals surface area contributed by atoms with Gasteiger partial charge >= 0.3 is 29.6 Å². The number of nitrogens with zero attached hydrogens (tertiary/aromatic N) is 9. The normalized spacial score (nSPS) is 14.0. The van der Waals surface area contributed by atoms with Crippen LogP contribution in [0.3, 0.4) is 0 Å². The van der Waals surface area contributed by atoms with E-state index >= 15 is 0 Å². The van der Waals surface area contributed by atoms with Crippen molar-refractivity contribution in [3.05, 3.63) is 228 Å². The van der Waals surface area contributed by atoms with Gasteiger partial charge in [0.25, 0.3) is 17.7 Å². The smallest absolute Gasteiger partial charge is 1.00 e. The van der Waals surface area contributed by atoms with Gasteiger partial charge in [-0.2, -0.15) is 15.3 Å². The average molecular weight is 1300 g/mol. The fourth-order valence-electron chi connectivity index (χ4n) is 11.2. The van der Waals surface area contributed by atoms with E-state index in [1.807, 2.05) is 195 Å². The van der Waals surface area contributed by atoms with Crippen LogP contribution < -0.4 is 43.8 Å². The monoisotopic (exact) mass is 1290 g/mol. The number of aromatic nitrogens is 6. The van der Waals surface area contributed by atoms with E-state index in [2.05, 4.69) is 23.8 Å². The molecule has 20 nitrogen and oxygen atoms in total. The van der Waals surface area contributed by atoms with Crippen LogP contribution >= 0.6 is 0 Å². The molecule has 1 unspecified atom stereocenters. The zero-order chi connectivity index (χ0) is 65.2. The number of aliphatic hydroxyl groups excluding tert-OH is 3. The van der Waals surface area contributed by atoms with Crippen molar-refractivity contribution in [1.82, 2.24) is 44.0 Å². The van der Waals surface area contributed by atoms with E-state index < -0.39 is 6.29 Å². The third kappa shape index (κ3) is 20.5. The van der Waals surface area contributed by atoms with Crippen LogP contribution in [-0.2, 0) is 82.4 Å². The number of hydrogen-bond donors (Lipinski definition) is 3. The van der Waals surface area contributed by atoms with Crippen LogP contribution in [0.1, 0.15) is 55.0 Å². The number of aldehydes is 1. The van der Waals surface area contributed by atoms with E-state index in [0.29, 0.717) is 82.4 Å². The van der Waals surface area contributed by atoms with Gasteiger partial charge in [-0.15, -0.1) is 6.58 Å². The molecule has 0 bridgehead atoms. The minimum Gasteiger partial charge on any atom is -1.00 e. The number of allylic oxidation sites excluding steroid dienone is 1. The Morgan fingerprint density at radius 1 is 0.537 bits per heavy atom. The first-order chi connectivity index (χ1) is 45.6. The van der Waals surface area contributed by atoms with Gasteiger partial charge in [0, 0.05) is 120 Å². The number of ether oxygens (including phenoxy) is 4. The van der Waals surface area contributed by atoms with Crippen molar-refractivity contribution < 1.29 is 84.4 Å². The van der Waals surface area contributed by atoms with Crippen molar-refractivity contribution in [3.8, 4) is 51.0 Å². The summed E-state index contributed by atoms with van der Waals surface area (Å²) in [7, 11) is 0. The van der Waals surface area contributed by atoms with Gasteiger partial charge < -0.3 is 55.2 Å². The standard InChI is InChI=1S/C23H23N3O2.C22H23N3O3.C22H21N3O3.C4H8O2.C2H6O.B.Na.H/c1-2-14-26-23(18-9-5-3-6-10-18)20-16-25(15-13-21(20)24-26)22(27)17-28-19-11-7-4-8-12-19;2*26-14-13-25-22(17-7-3-1-4-8-17)19-15-24(12-11-20(19)23-25)21(27)16-28-18-9-5-2-6-10-18;5-4-2-1-3-6-4;1-2-3;;;/h2-12H,1,13-17H2;1-10,26H,11-16H2;1-10,14H,11-13,15-16H2;4-5H,1-3H2;3H,2H2,1H3;;;/q;;;;;;+1;-1. The average Bonchev–Trinajstić information content (AvgIpc) is 1.64. The molecular weight excluding hydrogens is 1210 g/mol. The van der Waals surface area contributed by atoms with Gasteiger partial charge in [-0.05, 0) is 49.7 Å². The molecule has 489 valence electrons. The molecule has 0 aliphatic carbocycles. The van der Waals surface area contributed by atoms with Crippen molar-refractivity contribution in [2.75, 3.05) is 59.3 Å². The molecule has 1 fully saturated rings. The third-order valence-corrected chi connectivity index (χ3v) is 15.6. The third-order valence-electron chi connectivity index (χ3n) is 15.6. The molecule has 95 heavy (non-hydrogen) atoms. The number of hydrogen-bond acceptors (Lipinski definition) is 14. The first-order valence-corrected chi connectivity index (χ1v) is 31.4. The molecule has 7 heterocycles. The Hall–Kier alpha value is -8.93. The summed E-state index contributed by atoms with van der Waals surface area (Å²) >= 11 is 0. The Morgan fingerprint density at radius 2 is 0.853 bits per heavy atom. The fourth-order valence-corrected chi connectivity index (χ4v) is 11.2. The molecule has 1 atom stereocenters. The van der Waals surface area contributed by atoms with Gasteiger partial charge in [0.15, 0.2) is 26.1 Å². The molecule has 22 heteroatoms. The van der Waals surface area contributed by atoms with Gasteiger partial charge in [-0.25, -0.2) is 0 Å². The molecule has 0 spiro atoms. The maximum atomic E-state index is 12.7. The second kappa shape index (κ2) is 38.4. The van der Waals surface area contributed by atoms with Gasteiger partial charge in [-0.3, -0.25) is 28.4 Å². The first-order valence-electron chi connectivity index (χ1n) is 31.4. The molecular formula is C73H82BN9NaO11. The molecule has 4 aliphatic heterocycles. The number of aliphatic hydroxyl groups is 3. The first kappa shape index (κ1) is 73.5. The van der Waals surface area contributed by atoms with Crippen LogP contribution in [0.5, 0.6) is 17.2 Å². The summed E-state index contributed by atoms with van der Waals surface area (Å²) in [6.45, 7) is 11.3. The number of carbonyl (C=O) groups excluding carboxylic acids is 4. The Balaban J connectivity index is 0.000000210. The summed E-state index contributed by atoms with van der Waals surface area (Å²) < 4.78 is 27.2. The van der Waals surface area contributed by atoms with E-state index in [1.165, 1.54) is 0 Å². The number of benzene rings is 6. The van der Waals surface area contributed by atoms with E-state index in [0.717, 1.165) is 99.7 Å². The summed E-state index contributed by atoms with van der Waals surface area (Å²) in [6, 6.07) is 58.2. The molecule has 6 aromatic carbocycles. The van der Waals surface area contributed by atoms with Crippen LogP contribution in [0.25, 0.3) is 33.8 Å². The summed E-state index contributed by atoms with van der Waals surface area (Å²) in [6.07, 6.45) is 6.19. The van der Waals surface area contributed by atoms with Gasteiger partial charge in [0.2, 0.25) is 0 Å². The zero-order valence-corrected chi connectivity index (χ0v) is 56.1. The Morgan fingerprint density at radius 3 is 1.14 bits per heavy atom. The Labute approximate surface area is 580 Å². The number of fused-ring (bicyclic) bond motifs is 3. The van der Waals surface area contributed by atoms with Crippen LogP contribution in [0.4, 0.5) is 0 Å². The van der Waals surface area contributed by atoms with Crippen molar-refractivity contribution in [1.29, 1.82) is 0 Å². The topological polar surface area (TPSA) is 229 Å². The summed E-state index contributed by atoms with van der Waals surface area (Å²) in [5.74, 6) is 1.97. The molecule has 3 radical (unpaired) electrons. The predicted molar refractivity (Wildman–Crippen MR) is 360 cm³/mol. The van der Waals surface area contributed by atoms with E-state index in [4.69, 9.17) is 39.4 Å². The second-order valence-electron chi connectivity index (χ2n) is 22.0. The van der Waals surface area contributed by atoms with Crippen molar-refractivity contribution in [2.24, 2.45) is 0 Å². The molecule has 3 N–H and O–H groups in total. The SMILES string of the molecule is C=CCn1nc2c(c1-c1ccccc1)CN(C(=O)COc1ccccc1)CC2.CCO.O=C(COc1ccccc1)N1CCc2nn(CCO)c(-c3ccccc3)c2C1.O=CCn1nc2c(c1-c1ccccc1)CN(C(=O)COc1ccccc1)CC2.OC1CCCO1.[B].[H-].[Na+]. The van der Waals surface area contributed by atoms with E-state index in [1.54, 1.807) is 16.5 Å². The van der Waals surface area contributed by atoms with Gasteiger partial charge in [0.05, 0.1) is 60.4 Å². The van der Waals surface area contributed by atoms with Crippen molar-refractivity contribution >= 4 is 32.4 Å². The minimum atomic E-state index is -0.454. The van der Waals surface area contributed by atoms with E-state index in [-0.39, 0.29) is 96.7 Å². The zero-order valence-electron chi connectivity index (χ0n) is 55.1. The molecule has 9 aromatic rings. The molecule has 3 aromatic heterocycles. The van der Waals surface area contributed by atoms with Crippen LogP contribution in [0.15, 0.2) is 195 Å². The maximum absolute atomic E-state index is 12.7. The Kier molecular flexibility index (Phi) is 29.7. The second-order valence-corrected chi connectivity index (χ2v) is 22.0. The summed E-state index contributed by atoms with van der Waals surface area (Å²) in [4.78, 5) is 54.7. The Bertz CT molecular complexity index is 3650. The number of rotatable bonds is 18. The van der Waals surface area contributed by atoms with Gasteiger partial charge in [0.1, 0.15) is 23.5 Å². The minimum absolute atomic E-state index is 0. The molecule has 13 rings (SSSR count). The molecule has 0 saturated carbocycles. The molecule has 1 saturated heterocycles.